The van der Waals surface area contributed by atoms with E-state index in [2.05, 4.69) is 60.2 Å². The van der Waals surface area contributed by atoms with Crippen LogP contribution in [0.15, 0.2) is 55.0 Å². The molecule has 0 aliphatic carbocycles. The Morgan fingerprint density at radius 1 is 1.10 bits per heavy atom. The average molecular weight is 269 g/mol. The molecule has 2 aromatic rings. The van der Waals surface area contributed by atoms with Gasteiger partial charge in [0.15, 0.2) is 0 Å². The van der Waals surface area contributed by atoms with Gasteiger partial charge < -0.3 is 9.80 Å². The zero-order valence-electron chi connectivity index (χ0n) is 12.5. The van der Waals surface area contributed by atoms with Crippen LogP contribution in [0.4, 0.5) is 0 Å². The molecule has 1 aliphatic rings. The predicted molar refractivity (Wildman–Crippen MR) is 85.1 cm³/mol. The molecule has 0 spiro atoms. The van der Waals surface area contributed by atoms with Gasteiger partial charge in [-0.05, 0) is 25.5 Å². The first-order chi connectivity index (χ1) is 9.72. The maximum absolute atomic E-state index is 4.18. The van der Waals surface area contributed by atoms with Gasteiger partial charge in [-0.1, -0.05) is 31.2 Å². The smallest absolute Gasteiger partial charge is 0.0974 e. The van der Waals surface area contributed by atoms with Gasteiger partial charge in [0.25, 0.3) is 0 Å². The van der Waals surface area contributed by atoms with E-state index in [0.717, 1.165) is 5.52 Å². The summed E-state index contributed by atoms with van der Waals surface area (Å²) in [6.45, 7) is 5.59. The third kappa shape index (κ3) is 3.50. The zero-order chi connectivity index (χ0) is 14.4. The number of rotatable bonds is 2. The Morgan fingerprint density at radius 2 is 1.85 bits per heavy atom. The monoisotopic (exact) mass is 269 g/mol. The number of nitrogens with zero attached hydrogens (tertiary/aromatic N) is 3. The van der Waals surface area contributed by atoms with Crippen molar-refractivity contribution in [2.75, 3.05) is 13.6 Å². The van der Waals surface area contributed by atoms with E-state index in [1.54, 1.807) is 0 Å². The highest BCUT2D eigenvalue weighted by Crippen LogP contribution is 2.12. The molecule has 1 aromatic heterocycles. The Labute approximate surface area is 121 Å². The molecule has 1 aromatic carbocycles. The summed E-state index contributed by atoms with van der Waals surface area (Å²) in [5.74, 6) is 0. The van der Waals surface area contributed by atoms with E-state index in [1.807, 2.05) is 30.5 Å². The summed E-state index contributed by atoms with van der Waals surface area (Å²) in [4.78, 5) is 8.75. The minimum absolute atomic E-state index is 0.556. The maximum atomic E-state index is 4.18. The number of benzene rings is 1. The molecule has 1 unspecified atom stereocenters. The second-order valence-electron chi connectivity index (χ2n) is 5.03. The summed E-state index contributed by atoms with van der Waals surface area (Å²) in [6, 6.07) is 12.1. The summed E-state index contributed by atoms with van der Waals surface area (Å²) in [6.07, 6.45) is 7.87. The SMILES string of the molecule is CCCN1C=CN(C)C1C.c1ccc2ncccc2c1. The Morgan fingerprint density at radius 3 is 2.50 bits per heavy atom. The van der Waals surface area contributed by atoms with Gasteiger partial charge >= 0.3 is 0 Å². The van der Waals surface area contributed by atoms with Crippen LogP contribution in [0.1, 0.15) is 20.3 Å². The first kappa shape index (κ1) is 14.4. The summed E-state index contributed by atoms with van der Waals surface area (Å²) in [5, 5.41) is 1.20. The van der Waals surface area contributed by atoms with Crippen molar-refractivity contribution >= 4 is 10.9 Å². The van der Waals surface area contributed by atoms with Gasteiger partial charge in [-0.3, -0.25) is 4.98 Å². The lowest BCUT2D eigenvalue weighted by molar-refractivity contribution is 0.195. The van der Waals surface area contributed by atoms with Crippen LogP contribution in [0.5, 0.6) is 0 Å². The van der Waals surface area contributed by atoms with E-state index in [-0.39, 0.29) is 0 Å². The van der Waals surface area contributed by atoms with Crippen LogP contribution in [0.2, 0.25) is 0 Å². The van der Waals surface area contributed by atoms with Crippen molar-refractivity contribution in [2.45, 2.75) is 26.4 Å². The lowest BCUT2D eigenvalue weighted by Crippen LogP contribution is -2.33. The van der Waals surface area contributed by atoms with Crippen molar-refractivity contribution in [3.8, 4) is 0 Å². The van der Waals surface area contributed by atoms with Gasteiger partial charge in [-0.2, -0.15) is 0 Å². The van der Waals surface area contributed by atoms with Gasteiger partial charge in [-0.15, -0.1) is 0 Å². The number of para-hydroxylation sites is 1. The molecule has 3 rings (SSSR count). The van der Waals surface area contributed by atoms with Crippen LogP contribution in [0.3, 0.4) is 0 Å². The lowest BCUT2D eigenvalue weighted by atomic mass is 10.2. The number of fused-ring (bicyclic) bond motifs is 1. The summed E-state index contributed by atoms with van der Waals surface area (Å²) < 4.78 is 0. The molecule has 3 nitrogen and oxygen atoms in total. The molecule has 0 fully saturated rings. The molecule has 1 aliphatic heterocycles. The quantitative estimate of drug-likeness (QED) is 0.828. The molecule has 20 heavy (non-hydrogen) atoms. The molecule has 0 bridgehead atoms. The van der Waals surface area contributed by atoms with Gasteiger partial charge in [0.2, 0.25) is 0 Å². The highest BCUT2D eigenvalue weighted by Gasteiger charge is 2.16. The summed E-state index contributed by atoms with van der Waals surface area (Å²) >= 11 is 0. The van der Waals surface area contributed by atoms with Crippen molar-refractivity contribution < 1.29 is 0 Å². The number of hydrogen-bond acceptors (Lipinski definition) is 3. The largest absolute Gasteiger partial charge is 0.359 e. The molecule has 0 radical (unpaired) electrons. The second-order valence-corrected chi connectivity index (χ2v) is 5.03. The molecule has 3 heteroatoms. The van der Waals surface area contributed by atoms with Crippen LogP contribution in [-0.4, -0.2) is 34.5 Å². The van der Waals surface area contributed by atoms with Crippen molar-refractivity contribution in [3.63, 3.8) is 0 Å². The molecule has 0 saturated heterocycles. The maximum Gasteiger partial charge on any atom is 0.0974 e. The fourth-order valence-electron chi connectivity index (χ4n) is 2.21. The van der Waals surface area contributed by atoms with E-state index in [9.17, 15) is 0 Å². The number of pyridine rings is 1. The van der Waals surface area contributed by atoms with Crippen LogP contribution < -0.4 is 0 Å². The van der Waals surface area contributed by atoms with E-state index < -0.39 is 0 Å². The molecule has 0 N–H and O–H groups in total. The molecule has 2 heterocycles. The standard InChI is InChI=1S/C9H7N.C8H16N2/c1-2-6-9-8(4-1)5-3-7-10-9;1-4-5-10-7-6-9(3)8(10)2/h1-7H;6-8H,4-5H2,1-3H3. The third-order valence-electron chi connectivity index (χ3n) is 3.56. The van der Waals surface area contributed by atoms with Crippen molar-refractivity contribution in [2.24, 2.45) is 0 Å². The van der Waals surface area contributed by atoms with E-state index in [1.165, 1.54) is 18.4 Å². The lowest BCUT2D eigenvalue weighted by Gasteiger charge is -2.26. The van der Waals surface area contributed by atoms with Crippen LogP contribution in [0, 0.1) is 0 Å². The first-order valence-electron chi connectivity index (χ1n) is 7.18. The van der Waals surface area contributed by atoms with Crippen LogP contribution in [0.25, 0.3) is 10.9 Å². The Bertz CT molecular complexity index is 499. The van der Waals surface area contributed by atoms with Gasteiger partial charge in [0, 0.05) is 37.6 Å². The highest BCUT2D eigenvalue weighted by molar-refractivity contribution is 5.77. The predicted octanol–water partition coefficient (Wildman–Crippen LogP) is 3.70. The highest BCUT2D eigenvalue weighted by atomic mass is 15.4. The van der Waals surface area contributed by atoms with E-state index in [0.29, 0.717) is 6.17 Å². The van der Waals surface area contributed by atoms with Gasteiger partial charge in [0.05, 0.1) is 11.7 Å². The van der Waals surface area contributed by atoms with Crippen molar-refractivity contribution in [1.82, 2.24) is 14.8 Å². The van der Waals surface area contributed by atoms with Crippen LogP contribution >= 0.6 is 0 Å². The molecular weight excluding hydrogens is 246 g/mol. The summed E-state index contributed by atoms with van der Waals surface area (Å²) in [7, 11) is 2.11. The minimum Gasteiger partial charge on any atom is -0.359 e. The Balaban J connectivity index is 0.000000147. The molecular formula is C17H23N3. The Hall–Kier alpha value is -2.03. The molecule has 106 valence electrons. The summed E-state index contributed by atoms with van der Waals surface area (Å²) in [5.41, 5.74) is 1.06. The third-order valence-corrected chi connectivity index (χ3v) is 3.56. The zero-order valence-corrected chi connectivity index (χ0v) is 12.5. The fourth-order valence-corrected chi connectivity index (χ4v) is 2.21. The topological polar surface area (TPSA) is 19.4 Å². The normalized spacial score (nSPS) is 17.2. The Kier molecular flexibility index (Phi) is 4.99. The van der Waals surface area contributed by atoms with Gasteiger partial charge in [0.1, 0.15) is 0 Å². The molecule has 0 saturated carbocycles. The first-order valence-corrected chi connectivity index (χ1v) is 7.18. The second kappa shape index (κ2) is 6.94. The number of hydrogen-bond donors (Lipinski definition) is 0. The molecule has 0 amide bonds. The molecule has 1 atom stereocenters. The van der Waals surface area contributed by atoms with Crippen molar-refractivity contribution in [1.29, 1.82) is 0 Å². The average Bonchev–Trinajstić information content (AvgIpc) is 2.81. The number of aromatic nitrogens is 1. The minimum atomic E-state index is 0.556. The van der Waals surface area contributed by atoms with Crippen LogP contribution in [-0.2, 0) is 0 Å². The van der Waals surface area contributed by atoms with E-state index in [4.69, 9.17) is 0 Å². The fraction of sp³-hybridized carbons (Fsp3) is 0.353. The van der Waals surface area contributed by atoms with Gasteiger partial charge in [-0.25, -0.2) is 0 Å². The van der Waals surface area contributed by atoms with Crippen molar-refractivity contribution in [3.05, 3.63) is 55.0 Å². The van der Waals surface area contributed by atoms with E-state index >= 15 is 0 Å².